The maximum absolute atomic E-state index is 14.7. The van der Waals surface area contributed by atoms with Crippen molar-refractivity contribution >= 4 is 80.5 Å². The number of carbonyl (C=O) groups excluding carboxylic acids is 9. The summed E-state index contributed by atoms with van der Waals surface area (Å²) in [5.74, 6) is -7.52. The van der Waals surface area contributed by atoms with Crippen molar-refractivity contribution in [2.45, 2.75) is 232 Å². The molecule has 5 fully saturated rings. The first kappa shape index (κ1) is 107. The Labute approximate surface area is 805 Å². The molecule has 2 aromatic carbocycles. The van der Waals surface area contributed by atoms with Crippen molar-refractivity contribution in [1.29, 1.82) is 0 Å². The normalized spacial score (nSPS) is 27.2. The number of ether oxygens (including phenoxy) is 8. The van der Waals surface area contributed by atoms with Crippen molar-refractivity contribution in [2.75, 3.05) is 141 Å². The lowest BCUT2D eigenvalue weighted by molar-refractivity contribution is -0.265. The molecule has 5 N–H and O–H groups in total. The van der Waals surface area contributed by atoms with E-state index < -0.39 is 112 Å². The second-order valence-electron chi connectivity index (χ2n) is 37.4. The van der Waals surface area contributed by atoms with E-state index in [0.717, 1.165) is 60.6 Å². The number of hydrogen-bond donors (Lipinski definition) is 4. The Bertz CT molecular complexity index is 5180. The van der Waals surface area contributed by atoms with Crippen LogP contribution in [-0.4, -0.2) is 296 Å². The zero-order valence-electron chi connectivity index (χ0n) is 81.7. The van der Waals surface area contributed by atoms with Crippen LogP contribution in [0.5, 0.6) is 5.75 Å². The first-order valence-electron chi connectivity index (χ1n) is 48.4. The molecule has 34 nitrogen and oxygen atoms in total. The molecule has 0 unspecified atom stereocenters. The van der Waals surface area contributed by atoms with E-state index in [2.05, 4.69) is 47.0 Å². The van der Waals surface area contributed by atoms with E-state index >= 15 is 0 Å². The summed E-state index contributed by atoms with van der Waals surface area (Å²) in [6.07, 6.45) is 19.2. The van der Waals surface area contributed by atoms with Gasteiger partial charge in [-0.05, 0) is 193 Å². The topological polar surface area (TPSA) is 424 Å². The van der Waals surface area contributed by atoms with Gasteiger partial charge in [0.25, 0.3) is 23.5 Å². The van der Waals surface area contributed by atoms with Crippen molar-refractivity contribution in [3.8, 4) is 16.9 Å². The molecule has 1 aliphatic carbocycles. The van der Waals surface area contributed by atoms with Gasteiger partial charge in [0.1, 0.15) is 54.4 Å². The predicted molar refractivity (Wildman–Crippen MR) is 516 cm³/mol. The summed E-state index contributed by atoms with van der Waals surface area (Å²) in [7, 11) is 0.770. The van der Waals surface area contributed by atoms with Gasteiger partial charge in [0.05, 0.1) is 54.1 Å². The molecule has 5 aromatic rings. The summed E-state index contributed by atoms with van der Waals surface area (Å²) >= 11 is 0. The maximum Gasteiger partial charge on any atom is 0.329 e. The first-order chi connectivity index (χ1) is 65.6. The quantitative estimate of drug-likeness (QED) is 0.0193. The summed E-state index contributed by atoms with van der Waals surface area (Å²) in [5, 5.41) is 26.4. The largest absolute Gasteiger partial charge is 0.491 e. The number of rotatable bonds is 24. The number of nitrogens with zero attached hydrogens (tertiary/aromatic N) is 11. The van der Waals surface area contributed by atoms with Gasteiger partial charge >= 0.3 is 11.9 Å². The third-order valence-electron chi connectivity index (χ3n) is 27.5. The number of aliphatic hydroxyl groups excluding tert-OH is 1. The van der Waals surface area contributed by atoms with E-state index in [-0.39, 0.29) is 89.7 Å². The number of nitrogens with two attached hydrogens (primary N) is 1. The van der Waals surface area contributed by atoms with E-state index in [1.807, 2.05) is 99.1 Å². The lowest BCUT2D eigenvalue weighted by atomic mass is 9.78. The van der Waals surface area contributed by atoms with E-state index in [1.165, 1.54) is 36.5 Å². The molecule has 6 aliphatic heterocycles. The van der Waals surface area contributed by atoms with Crippen LogP contribution < -0.4 is 25.6 Å². The molecule has 9 heterocycles. The number of ketones is 3. The third-order valence-corrected chi connectivity index (χ3v) is 29.2. The van der Waals surface area contributed by atoms with Gasteiger partial charge in [0.2, 0.25) is 23.6 Å². The number of methoxy groups -OCH3 is 3. The minimum atomic E-state index is -3.75. The van der Waals surface area contributed by atoms with Crippen LogP contribution >= 0.6 is 0 Å². The van der Waals surface area contributed by atoms with Crippen LogP contribution in [0.25, 0.3) is 11.1 Å². The molecule has 0 radical (unpaired) electrons. The van der Waals surface area contributed by atoms with Gasteiger partial charge in [-0.25, -0.2) is 38.1 Å². The molecule has 137 heavy (non-hydrogen) atoms. The molecule has 4 amide bonds. The number of anilines is 3. The van der Waals surface area contributed by atoms with Crippen LogP contribution in [0.4, 0.5) is 17.7 Å². The van der Waals surface area contributed by atoms with Gasteiger partial charge in [-0.1, -0.05) is 84.1 Å². The number of aliphatic hydroxyl groups is 2. The number of Topliss-reactive ketones (excluding diaryl/α,β-unsaturated/α-hetero) is 3. The van der Waals surface area contributed by atoms with E-state index in [9.17, 15) is 61.8 Å². The number of nitrogens with one attached hydrogen (secondary N) is 1. The number of nitrogen functional groups attached to an aromatic ring is 1. The summed E-state index contributed by atoms with van der Waals surface area (Å²) in [5.41, 5.74) is 11.6. The molecule has 35 heteroatoms. The van der Waals surface area contributed by atoms with Gasteiger partial charge in [-0.15, -0.1) is 0 Å². The number of cyclic esters (lactones) is 1. The molecule has 12 rings (SSSR count). The Morgan fingerprint density at radius 1 is 0.715 bits per heavy atom. The monoisotopic (exact) mass is 1920 g/mol. The third kappa shape index (κ3) is 29.0. The highest BCUT2D eigenvalue weighted by atomic mass is 32.2. The van der Waals surface area contributed by atoms with Gasteiger partial charge in [0, 0.05) is 185 Å². The number of aryl methyl sites for hydroxylation is 2. The fourth-order valence-corrected chi connectivity index (χ4v) is 20.2. The summed E-state index contributed by atoms with van der Waals surface area (Å²) in [6.45, 7) is 27.2. The Morgan fingerprint density at radius 3 is 2.09 bits per heavy atom. The molecule has 746 valence electrons. The highest BCUT2D eigenvalue weighted by Gasteiger charge is 2.53. The molecular formula is C102H141N13O21S. The fraction of sp³-hybridized carbons (Fsp3) is 0.588. The number of piperidine rings is 1. The maximum atomic E-state index is 14.7. The average molecular weight is 1920 g/mol. The van der Waals surface area contributed by atoms with Gasteiger partial charge in [-0.3, -0.25) is 38.4 Å². The lowest BCUT2D eigenvalue weighted by Crippen LogP contribution is -2.61. The standard InChI is InChI=1S/C67H101N5O16.C35H40N8O5S/c1-12-85-33-27-58(74)70-29-31-71(32-30-70)66-68-40-50(41-69-66)23-26-59(75)86-54-25-22-49(37-57(54)83-10)36-45(5)56-39-53(73)44(4)35-47(7)61(77)62(84-11)60(76)46(6)34-42(2)18-14-13-15-19-43(3)55(82-9)38-51-24-21-48(8)67(81,88-51)63(78)64(79)72-28-17-16-20-52(72)65(80)87-56;1-3-41-11-13-42(14-12-41)35-39-21-28(22-40-35)33(44)37-10-17-49(46,47)29-6-7-30(24(2)18-29)34(45)43-15-16-48-31-8-4-25(19-27(31)23-43)26-5-9-32(36)38-20-26/h13-15,18-19,35,40-42,44-46,48-49,51-52,54-57,61-62,77,81H,12,16-17,20-34,36-39H2,1-11H3;4-9,18-22H,3,10-17,23H2,1-2H3,(H2,36,38)(H,37,44)/b15-13+,18-14+,43-19+,47-35+;/t42-,44-,45-,46-,48-,49+,51+,52+,54-,55+,56+,57-,61-,62+,67-;/m1./s1. The van der Waals surface area contributed by atoms with Crippen molar-refractivity contribution in [1.82, 2.24) is 49.8 Å². The van der Waals surface area contributed by atoms with Crippen LogP contribution in [0.1, 0.15) is 190 Å². The van der Waals surface area contributed by atoms with E-state index in [4.69, 9.17) is 43.6 Å². The first-order valence-corrected chi connectivity index (χ1v) is 50.1. The number of hydrogen-bond acceptors (Lipinski definition) is 30. The summed E-state index contributed by atoms with van der Waals surface area (Å²) in [4.78, 5) is 158. The Balaban J connectivity index is 0.000000308. The molecule has 2 bridgehead atoms. The average Bonchev–Trinajstić information content (AvgIpc) is 1.11. The molecule has 7 aliphatic rings. The number of allylic oxidation sites excluding steroid dienone is 6. The molecule has 4 saturated heterocycles. The van der Waals surface area contributed by atoms with Crippen LogP contribution in [0.3, 0.4) is 0 Å². The second kappa shape index (κ2) is 50.8. The summed E-state index contributed by atoms with van der Waals surface area (Å²) < 4.78 is 73.7. The van der Waals surface area contributed by atoms with Crippen LogP contribution in [0.2, 0.25) is 0 Å². The molecule has 1 saturated carbocycles. The van der Waals surface area contributed by atoms with Crippen LogP contribution in [0.15, 0.2) is 132 Å². The Kier molecular flexibility index (Phi) is 39.6. The smallest absolute Gasteiger partial charge is 0.329 e. The van der Waals surface area contributed by atoms with Crippen LogP contribution in [0, 0.1) is 42.4 Å². The number of esters is 2. The van der Waals surface area contributed by atoms with Crippen molar-refractivity contribution in [3.63, 3.8) is 0 Å². The van der Waals surface area contributed by atoms with Gasteiger partial charge in [0.15, 0.2) is 15.6 Å². The molecule has 0 spiro atoms. The summed E-state index contributed by atoms with van der Waals surface area (Å²) in [6, 6.07) is 12.7. The number of aromatic nitrogens is 5. The minimum absolute atomic E-state index is 0.000775. The number of piperazine rings is 2. The molecular weight excluding hydrogens is 1780 g/mol. The van der Waals surface area contributed by atoms with Crippen molar-refractivity contribution in [3.05, 3.63) is 155 Å². The Morgan fingerprint density at radius 2 is 1.42 bits per heavy atom. The SMILES string of the molecule is CCN1CCN(c2ncc(C(=O)NCCS(=O)(=O)c3ccc(C(=O)N4CCOc5ccc(-c6ccc(N)nc6)cc5C4)c(C)c3)cn2)CC1.CCOCCC(=O)N1CCN(c2ncc(CCC(=O)O[C@@H]3CC[C@@H](C[C@@H](C)[C@@H]4CC(=O)[C@H](C)/C=C(\C)[C@@H](O)[C@@H](OC)C(=O)[C@H](C)C[C@H](C)/C=C/C=C/C=C(\C)[C@@H](OC)C[C@@H]5CC[C@@H](C)[C@@](O)(O5)C(=O)C(=O)N5CCCC[C@H]5C(=O)O4)C[C@H]3OC)cn2)CC1. The van der Waals surface area contributed by atoms with Gasteiger partial charge < -0.3 is 88.6 Å². The number of fused-ring (bicyclic) bond motifs is 4. The van der Waals surface area contributed by atoms with E-state index in [0.29, 0.717) is 176 Å². The van der Waals surface area contributed by atoms with Gasteiger partial charge in [-0.2, -0.15) is 0 Å². The fourth-order valence-electron chi connectivity index (χ4n) is 18.9. The zero-order chi connectivity index (χ0) is 98.8. The Hall–Kier alpha value is -10.6. The number of amides is 4. The van der Waals surface area contributed by atoms with Crippen molar-refractivity contribution in [2.24, 2.45) is 35.5 Å². The number of benzene rings is 2. The number of pyridine rings is 1. The minimum Gasteiger partial charge on any atom is -0.491 e. The van der Waals surface area contributed by atoms with E-state index in [1.54, 1.807) is 83.6 Å². The number of likely N-dealkylation sites (N-methyl/N-ethyl adjacent to an activating group) is 1. The highest BCUT2D eigenvalue weighted by Crippen LogP contribution is 2.40. The predicted octanol–water partition coefficient (Wildman–Crippen LogP) is 10.0. The lowest BCUT2D eigenvalue weighted by Gasteiger charge is -2.42. The number of sulfone groups is 1. The molecule has 15 atom stereocenters. The van der Waals surface area contributed by atoms with Crippen molar-refractivity contribution < 1.29 is 99.7 Å². The second-order valence-corrected chi connectivity index (χ2v) is 39.5. The number of carbonyl (C=O) groups is 9. The molecule has 3 aromatic heterocycles. The van der Waals surface area contributed by atoms with Crippen LogP contribution in [-0.2, 0) is 89.5 Å². The highest BCUT2D eigenvalue weighted by molar-refractivity contribution is 7.91. The zero-order valence-corrected chi connectivity index (χ0v) is 82.6.